The Morgan fingerprint density at radius 3 is 2.80 bits per heavy atom. The second kappa shape index (κ2) is 3.20. The van der Waals surface area contributed by atoms with Gasteiger partial charge in [-0.3, -0.25) is 4.98 Å². The van der Waals surface area contributed by atoms with E-state index in [-0.39, 0.29) is 0 Å². The van der Waals surface area contributed by atoms with Gasteiger partial charge >= 0.3 is 0 Å². The molecule has 0 spiro atoms. The van der Waals surface area contributed by atoms with E-state index in [1.54, 1.807) is 12.5 Å². The van der Waals surface area contributed by atoms with Crippen LogP contribution in [0.5, 0.6) is 0 Å². The minimum Gasteiger partial charge on any atom is -0.364 e. The summed E-state index contributed by atoms with van der Waals surface area (Å²) in [6, 6.07) is 11.9. The number of pyridine rings is 1. The molecule has 0 aliphatic carbocycles. The highest BCUT2D eigenvalue weighted by molar-refractivity contribution is 5.93. The average molecular weight is 196 g/mol. The standard InChI is InChI=1S/C12H8N2O/c1-2-4-10-9(3-1)5-7-13-12(10)11-6-8-15-14-11/h1-8H. The van der Waals surface area contributed by atoms with E-state index >= 15 is 0 Å². The van der Waals surface area contributed by atoms with Gasteiger partial charge in [0.15, 0.2) is 0 Å². The van der Waals surface area contributed by atoms with Crippen LogP contribution in [0.3, 0.4) is 0 Å². The van der Waals surface area contributed by atoms with Crippen molar-refractivity contribution in [1.29, 1.82) is 0 Å². The molecule has 1 aromatic carbocycles. The van der Waals surface area contributed by atoms with E-state index in [4.69, 9.17) is 4.52 Å². The lowest BCUT2D eigenvalue weighted by atomic mass is 10.1. The normalized spacial score (nSPS) is 10.7. The van der Waals surface area contributed by atoms with Gasteiger partial charge in [0.25, 0.3) is 0 Å². The van der Waals surface area contributed by atoms with E-state index in [2.05, 4.69) is 16.2 Å². The summed E-state index contributed by atoms with van der Waals surface area (Å²) in [5, 5.41) is 6.15. The topological polar surface area (TPSA) is 38.9 Å². The van der Waals surface area contributed by atoms with Crippen molar-refractivity contribution in [2.24, 2.45) is 0 Å². The molecule has 0 atom stereocenters. The molecule has 0 aliphatic rings. The fourth-order valence-corrected chi connectivity index (χ4v) is 1.66. The summed E-state index contributed by atoms with van der Waals surface area (Å²) in [6.45, 7) is 0. The first-order valence-electron chi connectivity index (χ1n) is 4.70. The van der Waals surface area contributed by atoms with Crippen LogP contribution in [0, 0.1) is 0 Å². The summed E-state index contributed by atoms with van der Waals surface area (Å²) in [6.07, 6.45) is 3.34. The minimum absolute atomic E-state index is 0.770. The van der Waals surface area contributed by atoms with Gasteiger partial charge in [-0.2, -0.15) is 0 Å². The molecule has 2 heterocycles. The van der Waals surface area contributed by atoms with Crippen LogP contribution in [0.25, 0.3) is 22.2 Å². The molecule has 0 N–H and O–H groups in total. The van der Waals surface area contributed by atoms with E-state index in [1.165, 1.54) is 0 Å². The molecule has 0 saturated carbocycles. The van der Waals surface area contributed by atoms with E-state index in [0.717, 1.165) is 22.2 Å². The predicted molar refractivity (Wildman–Crippen MR) is 57.2 cm³/mol. The van der Waals surface area contributed by atoms with Gasteiger partial charge in [-0.05, 0) is 11.5 Å². The van der Waals surface area contributed by atoms with E-state index in [1.807, 2.05) is 30.3 Å². The van der Waals surface area contributed by atoms with Gasteiger partial charge in [-0.15, -0.1) is 0 Å². The summed E-state index contributed by atoms with van der Waals surface area (Å²) in [7, 11) is 0. The maximum absolute atomic E-state index is 4.83. The van der Waals surface area contributed by atoms with E-state index < -0.39 is 0 Å². The summed E-state index contributed by atoms with van der Waals surface area (Å²) in [5.41, 5.74) is 1.63. The number of hydrogen-bond donors (Lipinski definition) is 0. The highest BCUT2D eigenvalue weighted by Crippen LogP contribution is 2.24. The van der Waals surface area contributed by atoms with Gasteiger partial charge in [0.2, 0.25) is 0 Å². The van der Waals surface area contributed by atoms with Crippen LogP contribution >= 0.6 is 0 Å². The fraction of sp³-hybridized carbons (Fsp3) is 0. The minimum atomic E-state index is 0.770. The summed E-state index contributed by atoms with van der Waals surface area (Å²) >= 11 is 0. The number of hydrogen-bond acceptors (Lipinski definition) is 3. The molecular weight excluding hydrogens is 188 g/mol. The third kappa shape index (κ3) is 1.29. The van der Waals surface area contributed by atoms with Crippen molar-refractivity contribution < 1.29 is 4.52 Å². The van der Waals surface area contributed by atoms with E-state index in [0.29, 0.717) is 0 Å². The number of rotatable bonds is 1. The van der Waals surface area contributed by atoms with Crippen molar-refractivity contribution in [3.05, 3.63) is 48.9 Å². The first kappa shape index (κ1) is 8.17. The van der Waals surface area contributed by atoms with Crippen LogP contribution in [0.2, 0.25) is 0 Å². The molecule has 72 valence electrons. The Kier molecular flexibility index (Phi) is 1.75. The molecule has 0 radical (unpaired) electrons. The first-order chi connectivity index (χ1) is 7.45. The monoisotopic (exact) mass is 196 g/mol. The Hall–Kier alpha value is -2.16. The van der Waals surface area contributed by atoms with Crippen molar-refractivity contribution in [3.63, 3.8) is 0 Å². The lowest BCUT2D eigenvalue weighted by molar-refractivity contribution is 0.422. The number of fused-ring (bicyclic) bond motifs is 1. The first-order valence-corrected chi connectivity index (χ1v) is 4.70. The Bertz CT molecular complexity index is 582. The van der Waals surface area contributed by atoms with Gasteiger partial charge in [0.05, 0.1) is 5.69 Å². The van der Waals surface area contributed by atoms with Crippen LogP contribution in [0.1, 0.15) is 0 Å². The molecule has 3 aromatic rings. The molecule has 0 unspecified atom stereocenters. The molecule has 2 aromatic heterocycles. The lowest BCUT2D eigenvalue weighted by Gasteiger charge is -2.01. The highest BCUT2D eigenvalue weighted by atomic mass is 16.5. The molecular formula is C12H8N2O. The van der Waals surface area contributed by atoms with Gasteiger partial charge < -0.3 is 4.52 Å². The van der Waals surface area contributed by atoms with Gasteiger partial charge in [-0.25, -0.2) is 0 Å². The zero-order valence-corrected chi connectivity index (χ0v) is 7.92. The maximum atomic E-state index is 4.83. The predicted octanol–water partition coefficient (Wildman–Crippen LogP) is 2.89. The SMILES string of the molecule is c1ccc2c(-c3ccon3)nccc2c1. The smallest absolute Gasteiger partial charge is 0.132 e. The Morgan fingerprint density at radius 2 is 1.93 bits per heavy atom. The second-order valence-electron chi connectivity index (χ2n) is 3.27. The molecule has 0 fully saturated rings. The third-order valence-electron chi connectivity index (χ3n) is 2.35. The maximum Gasteiger partial charge on any atom is 0.132 e. The van der Waals surface area contributed by atoms with Gasteiger partial charge in [0.1, 0.15) is 12.0 Å². The Balaban J connectivity index is 2.36. The van der Waals surface area contributed by atoms with Crippen molar-refractivity contribution >= 4 is 10.8 Å². The second-order valence-corrected chi connectivity index (χ2v) is 3.27. The van der Waals surface area contributed by atoms with Crippen molar-refractivity contribution in [2.75, 3.05) is 0 Å². The third-order valence-corrected chi connectivity index (χ3v) is 2.35. The van der Waals surface area contributed by atoms with Crippen molar-refractivity contribution in [3.8, 4) is 11.4 Å². The number of nitrogens with zero attached hydrogens (tertiary/aromatic N) is 2. The molecule has 3 heteroatoms. The van der Waals surface area contributed by atoms with Crippen LogP contribution in [-0.2, 0) is 0 Å². The van der Waals surface area contributed by atoms with Crippen molar-refractivity contribution in [1.82, 2.24) is 10.1 Å². The fourth-order valence-electron chi connectivity index (χ4n) is 1.66. The van der Waals surface area contributed by atoms with Crippen LogP contribution < -0.4 is 0 Å². The molecule has 0 amide bonds. The highest BCUT2D eigenvalue weighted by Gasteiger charge is 2.06. The van der Waals surface area contributed by atoms with Crippen LogP contribution in [0.4, 0.5) is 0 Å². The molecule has 0 aliphatic heterocycles. The van der Waals surface area contributed by atoms with Crippen LogP contribution in [0.15, 0.2) is 53.4 Å². The van der Waals surface area contributed by atoms with Gasteiger partial charge in [-0.1, -0.05) is 29.4 Å². The number of aromatic nitrogens is 2. The Morgan fingerprint density at radius 1 is 1.00 bits per heavy atom. The molecule has 15 heavy (non-hydrogen) atoms. The average Bonchev–Trinajstić information content (AvgIpc) is 2.82. The molecule has 3 rings (SSSR count). The quantitative estimate of drug-likeness (QED) is 0.600. The van der Waals surface area contributed by atoms with Gasteiger partial charge in [0, 0.05) is 17.6 Å². The molecule has 0 bridgehead atoms. The zero-order chi connectivity index (χ0) is 10.1. The summed E-state index contributed by atoms with van der Waals surface area (Å²) in [5.74, 6) is 0. The van der Waals surface area contributed by atoms with Crippen molar-refractivity contribution in [2.45, 2.75) is 0 Å². The zero-order valence-electron chi connectivity index (χ0n) is 7.92. The van der Waals surface area contributed by atoms with E-state index in [9.17, 15) is 0 Å². The lowest BCUT2D eigenvalue weighted by Crippen LogP contribution is -1.85. The Labute approximate surface area is 86.4 Å². The molecule has 3 nitrogen and oxygen atoms in total. The van der Waals surface area contributed by atoms with Crippen LogP contribution in [-0.4, -0.2) is 10.1 Å². The summed E-state index contributed by atoms with van der Waals surface area (Å²) in [4.78, 5) is 4.33. The largest absolute Gasteiger partial charge is 0.364 e. The summed E-state index contributed by atoms with van der Waals surface area (Å²) < 4.78 is 4.83. The number of benzene rings is 1. The molecule has 0 saturated heterocycles.